The fraction of sp³-hybridized carbons (Fsp3) is 0.462. The number of hydrogen-bond donors (Lipinski definition) is 1. The Hall–Kier alpha value is -1.58. The molecule has 1 aromatic carbocycles. The lowest BCUT2D eigenvalue weighted by Crippen LogP contribution is -2.15. The van der Waals surface area contributed by atoms with Crippen LogP contribution in [0.1, 0.15) is 24.8 Å². The Morgan fingerprint density at radius 2 is 2.12 bits per heavy atom. The molecule has 0 bridgehead atoms. The zero-order chi connectivity index (χ0) is 12.6. The molecule has 1 N–H and O–H groups in total. The number of carboxylic acid groups (broad SMARTS) is 1. The zero-order valence-corrected chi connectivity index (χ0v) is 10.0. The number of benzene rings is 1. The number of aliphatic carboxylic acids is 1. The third-order valence-corrected chi connectivity index (χ3v) is 3.39. The fourth-order valence-electron chi connectivity index (χ4n) is 2.21. The minimum absolute atomic E-state index is 0.0910. The second-order valence-electron chi connectivity index (χ2n) is 4.91. The van der Waals surface area contributed by atoms with Crippen molar-refractivity contribution in [3.63, 3.8) is 0 Å². The van der Waals surface area contributed by atoms with E-state index in [2.05, 4.69) is 0 Å². The minimum Gasteiger partial charge on any atom is -0.481 e. The maximum atomic E-state index is 13.8. The predicted molar refractivity (Wildman–Crippen MR) is 63.9 cm³/mol. The molecule has 3 nitrogen and oxygen atoms in total. The van der Waals surface area contributed by atoms with Crippen molar-refractivity contribution in [3.05, 3.63) is 29.6 Å². The Balaban J connectivity index is 2.29. The average Bonchev–Trinajstić information content (AvgIpc) is 2.97. The van der Waals surface area contributed by atoms with Gasteiger partial charge in [0.05, 0.1) is 12.1 Å². The molecule has 0 radical (unpaired) electrons. The fourth-order valence-corrected chi connectivity index (χ4v) is 2.21. The minimum atomic E-state index is -0.820. The number of anilines is 1. The number of rotatable bonds is 4. The molecule has 1 fully saturated rings. The molecular weight excluding hydrogens is 221 g/mol. The van der Waals surface area contributed by atoms with Crippen LogP contribution < -0.4 is 4.90 Å². The smallest absolute Gasteiger partial charge is 0.304 e. The van der Waals surface area contributed by atoms with Gasteiger partial charge in [0.15, 0.2) is 0 Å². The molecule has 1 aliphatic carbocycles. The molecule has 0 heterocycles. The quantitative estimate of drug-likeness (QED) is 0.874. The molecular formula is C13H16FNO2. The molecule has 2 rings (SSSR count). The third-order valence-electron chi connectivity index (χ3n) is 3.39. The summed E-state index contributed by atoms with van der Waals surface area (Å²) in [6.45, 7) is 0. The first-order chi connectivity index (χ1) is 7.94. The monoisotopic (exact) mass is 237 g/mol. The number of nitrogens with zero attached hydrogens (tertiary/aromatic N) is 1. The van der Waals surface area contributed by atoms with Gasteiger partial charge >= 0.3 is 5.97 Å². The van der Waals surface area contributed by atoms with Crippen LogP contribution in [0.3, 0.4) is 0 Å². The van der Waals surface area contributed by atoms with Gasteiger partial charge in [-0.15, -0.1) is 0 Å². The Labute approximate surface area is 99.9 Å². The van der Waals surface area contributed by atoms with Crippen LogP contribution in [0.5, 0.6) is 0 Å². The number of carbonyl (C=O) groups is 1. The van der Waals surface area contributed by atoms with E-state index in [0.29, 0.717) is 5.69 Å². The first-order valence-electron chi connectivity index (χ1n) is 5.64. The summed E-state index contributed by atoms with van der Waals surface area (Å²) < 4.78 is 13.8. The first kappa shape index (κ1) is 11.9. The largest absolute Gasteiger partial charge is 0.481 e. The van der Waals surface area contributed by atoms with Crippen LogP contribution in [0, 0.1) is 5.82 Å². The average molecular weight is 237 g/mol. The number of halogens is 1. The Morgan fingerprint density at radius 1 is 1.47 bits per heavy atom. The summed E-state index contributed by atoms with van der Waals surface area (Å²) in [7, 11) is 3.56. The summed E-state index contributed by atoms with van der Waals surface area (Å²) in [6, 6.07) is 5.03. The standard InChI is InChI=1S/C13H16FNO2/c1-15(2)11-4-3-9(7-10(11)14)13(5-6-13)8-12(16)17/h3-4,7H,5-6,8H2,1-2H3,(H,16,17). The van der Waals surface area contributed by atoms with Crippen LogP contribution in [0.15, 0.2) is 18.2 Å². The van der Waals surface area contributed by atoms with Gasteiger partial charge in [-0.1, -0.05) is 6.07 Å². The summed E-state index contributed by atoms with van der Waals surface area (Å²) in [4.78, 5) is 12.5. The van der Waals surface area contributed by atoms with Gasteiger partial charge in [0.2, 0.25) is 0 Å². The summed E-state index contributed by atoms with van der Waals surface area (Å²) in [5.41, 5.74) is 1.01. The molecule has 0 saturated heterocycles. The normalized spacial score (nSPS) is 16.6. The van der Waals surface area contributed by atoms with Crippen LogP contribution in [0.4, 0.5) is 10.1 Å². The van der Waals surface area contributed by atoms with Crippen LogP contribution in [0.2, 0.25) is 0 Å². The van der Waals surface area contributed by atoms with Gasteiger partial charge in [0, 0.05) is 19.5 Å². The lowest BCUT2D eigenvalue weighted by Gasteiger charge is -2.17. The second-order valence-corrected chi connectivity index (χ2v) is 4.91. The highest BCUT2D eigenvalue weighted by atomic mass is 19.1. The molecule has 0 aliphatic heterocycles. The topological polar surface area (TPSA) is 40.5 Å². The van der Waals surface area contributed by atoms with E-state index >= 15 is 0 Å². The predicted octanol–water partition coefficient (Wildman–Crippen LogP) is 2.40. The SMILES string of the molecule is CN(C)c1ccc(C2(CC(=O)O)CC2)cc1F. The van der Waals surface area contributed by atoms with Crippen molar-refractivity contribution in [2.75, 3.05) is 19.0 Å². The van der Waals surface area contributed by atoms with Crippen LogP contribution in [-0.4, -0.2) is 25.2 Å². The van der Waals surface area contributed by atoms with Crippen LogP contribution in [0.25, 0.3) is 0 Å². The second kappa shape index (κ2) is 4.02. The van der Waals surface area contributed by atoms with E-state index < -0.39 is 5.97 Å². The highest BCUT2D eigenvalue weighted by Gasteiger charge is 2.46. The maximum absolute atomic E-state index is 13.8. The Morgan fingerprint density at radius 3 is 2.53 bits per heavy atom. The van der Waals surface area contributed by atoms with E-state index in [-0.39, 0.29) is 17.7 Å². The molecule has 92 valence electrons. The van der Waals surface area contributed by atoms with Crippen LogP contribution >= 0.6 is 0 Å². The zero-order valence-electron chi connectivity index (χ0n) is 10.0. The van der Waals surface area contributed by atoms with Crippen molar-refractivity contribution in [3.8, 4) is 0 Å². The van der Waals surface area contributed by atoms with Gasteiger partial charge in [-0.05, 0) is 30.5 Å². The molecule has 1 aromatic rings. The Bertz CT molecular complexity index is 453. The van der Waals surface area contributed by atoms with Gasteiger partial charge in [0.1, 0.15) is 5.82 Å². The van der Waals surface area contributed by atoms with E-state index in [4.69, 9.17) is 5.11 Å². The highest BCUT2D eigenvalue weighted by Crippen LogP contribution is 2.51. The van der Waals surface area contributed by atoms with Crippen molar-refractivity contribution in [1.82, 2.24) is 0 Å². The lowest BCUT2D eigenvalue weighted by molar-refractivity contribution is -0.137. The number of carboxylic acids is 1. The van der Waals surface area contributed by atoms with E-state index in [1.165, 1.54) is 6.07 Å². The summed E-state index contributed by atoms with van der Waals surface area (Å²) in [5, 5.41) is 8.86. The van der Waals surface area contributed by atoms with Crippen molar-refractivity contribution in [2.45, 2.75) is 24.7 Å². The van der Waals surface area contributed by atoms with Crippen molar-refractivity contribution < 1.29 is 14.3 Å². The molecule has 0 amide bonds. The molecule has 1 saturated carbocycles. The summed E-state index contributed by atoms with van der Waals surface area (Å²) >= 11 is 0. The van der Waals surface area contributed by atoms with E-state index in [1.807, 2.05) is 6.07 Å². The molecule has 0 unspecified atom stereocenters. The summed E-state index contributed by atoms with van der Waals surface area (Å²) in [6.07, 6.45) is 1.76. The van der Waals surface area contributed by atoms with E-state index in [1.54, 1.807) is 25.1 Å². The maximum Gasteiger partial charge on any atom is 0.304 e. The van der Waals surface area contributed by atoms with Gasteiger partial charge in [-0.3, -0.25) is 4.79 Å². The van der Waals surface area contributed by atoms with Crippen molar-refractivity contribution >= 4 is 11.7 Å². The lowest BCUT2D eigenvalue weighted by atomic mass is 9.92. The van der Waals surface area contributed by atoms with Crippen LogP contribution in [-0.2, 0) is 10.2 Å². The molecule has 17 heavy (non-hydrogen) atoms. The third kappa shape index (κ3) is 2.25. The highest BCUT2D eigenvalue weighted by molar-refractivity contribution is 5.70. The number of hydrogen-bond acceptors (Lipinski definition) is 2. The van der Waals surface area contributed by atoms with Crippen molar-refractivity contribution in [1.29, 1.82) is 0 Å². The molecule has 0 aromatic heterocycles. The van der Waals surface area contributed by atoms with Gasteiger partial charge in [0.25, 0.3) is 0 Å². The molecule has 0 atom stereocenters. The summed E-state index contributed by atoms with van der Waals surface area (Å²) in [5.74, 6) is -1.11. The molecule has 0 spiro atoms. The first-order valence-corrected chi connectivity index (χ1v) is 5.64. The Kier molecular flexibility index (Phi) is 2.81. The molecule has 4 heteroatoms. The van der Waals surface area contributed by atoms with Gasteiger partial charge in [-0.2, -0.15) is 0 Å². The molecule has 1 aliphatic rings. The van der Waals surface area contributed by atoms with Crippen molar-refractivity contribution in [2.24, 2.45) is 0 Å². The van der Waals surface area contributed by atoms with E-state index in [0.717, 1.165) is 18.4 Å². The van der Waals surface area contributed by atoms with Gasteiger partial charge in [-0.25, -0.2) is 4.39 Å². The van der Waals surface area contributed by atoms with Gasteiger partial charge < -0.3 is 10.0 Å². The van der Waals surface area contributed by atoms with E-state index in [9.17, 15) is 9.18 Å².